The molecule has 1 N–H and O–H groups in total. The van der Waals surface area contributed by atoms with E-state index < -0.39 is 19.8 Å². The molecular formula is C10H18O5P+. The fourth-order valence-electron chi connectivity index (χ4n) is 1.10. The number of esters is 1. The molecule has 0 rings (SSSR count). The standard InChI is InChI=1S/C10H17O5P/c1-5-10(6-2,15-16(12)13)7-14-9(11)8(3)4/h3,5-7H2,1-2,4H3/p+1. The van der Waals surface area contributed by atoms with Crippen molar-refractivity contribution < 1.29 is 23.5 Å². The van der Waals surface area contributed by atoms with Crippen LogP contribution in [-0.4, -0.2) is 23.1 Å². The fourth-order valence-corrected chi connectivity index (χ4v) is 1.74. The molecule has 0 aliphatic carbocycles. The van der Waals surface area contributed by atoms with E-state index in [1.807, 2.05) is 0 Å². The van der Waals surface area contributed by atoms with Crippen molar-refractivity contribution in [3.05, 3.63) is 12.2 Å². The van der Waals surface area contributed by atoms with E-state index in [1.165, 1.54) is 6.92 Å². The molecule has 0 aromatic rings. The summed E-state index contributed by atoms with van der Waals surface area (Å²) in [7, 11) is -2.71. The third-order valence-electron chi connectivity index (χ3n) is 2.38. The molecule has 0 fully saturated rings. The van der Waals surface area contributed by atoms with Crippen molar-refractivity contribution in [2.75, 3.05) is 6.61 Å². The molecule has 1 unspecified atom stereocenters. The summed E-state index contributed by atoms with van der Waals surface area (Å²) in [4.78, 5) is 19.9. The highest BCUT2D eigenvalue weighted by molar-refractivity contribution is 7.32. The highest BCUT2D eigenvalue weighted by Crippen LogP contribution is 2.32. The monoisotopic (exact) mass is 249 g/mol. The molecule has 0 aliphatic rings. The molecule has 0 amide bonds. The van der Waals surface area contributed by atoms with Crippen LogP contribution in [0.1, 0.15) is 33.6 Å². The SMILES string of the molecule is C=C(C)C(=O)OCC(CC)(CC)O[P+](=O)O. The Hall–Kier alpha value is -0.770. The third kappa shape index (κ3) is 4.84. The number of hydrogen-bond acceptors (Lipinski definition) is 4. The van der Waals surface area contributed by atoms with E-state index in [0.29, 0.717) is 12.8 Å². The van der Waals surface area contributed by atoms with Crippen LogP contribution in [0.25, 0.3) is 0 Å². The van der Waals surface area contributed by atoms with Gasteiger partial charge in [0.2, 0.25) is 0 Å². The van der Waals surface area contributed by atoms with Gasteiger partial charge in [0, 0.05) is 10.1 Å². The summed E-state index contributed by atoms with van der Waals surface area (Å²) in [6.45, 7) is 8.54. The first kappa shape index (κ1) is 15.2. The molecule has 0 aliphatic heterocycles. The van der Waals surface area contributed by atoms with Crippen LogP contribution in [0.4, 0.5) is 0 Å². The maximum Gasteiger partial charge on any atom is 0.695 e. The van der Waals surface area contributed by atoms with E-state index in [0.717, 1.165) is 0 Å². The zero-order chi connectivity index (χ0) is 12.8. The predicted molar refractivity (Wildman–Crippen MR) is 60.0 cm³/mol. The maximum absolute atomic E-state index is 11.2. The smallest absolute Gasteiger partial charge is 0.459 e. The predicted octanol–water partition coefficient (Wildman–Crippen LogP) is 2.33. The van der Waals surface area contributed by atoms with Gasteiger partial charge in [0.1, 0.15) is 6.61 Å². The molecule has 6 heteroatoms. The Morgan fingerprint density at radius 2 is 1.94 bits per heavy atom. The Bertz CT molecular complexity index is 283. The zero-order valence-electron chi connectivity index (χ0n) is 9.86. The second-order valence-electron chi connectivity index (χ2n) is 3.58. The second-order valence-corrected chi connectivity index (χ2v) is 4.23. The van der Waals surface area contributed by atoms with E-state index in [2.05, 4.69) is 6.58 Å². The van der Waals surface area contributed by atoms with Crippen molar-refractivity contribution in [3.63, 3.8) is 0 Å². The Morgan fingerprint density at radius 1 is 1.44 bits per heavy atom. The van der Waals surface area contributed by atoms with Gasteiger partial charge in [0.05, 0.1) is 0 Å². The van der Waals surface area contributed by atoms with Gasteiger partial charge in [-0.15, -0.1) is 9.42 Å². The molecule has 1 atom stereocenters. The van der Waals surface area contributed by atoms with Gasteiger partial charge in [0.15, 0.2) is 5.60 Å². The van der Waals surface area contributed by atoms with Crippen LogP contribution < -0.4 is 0 Å². The van der Waals surface area contributed by atoms with Gasteiger partial charge < -0.3 is 4.74 Å². The Labute approximate surface area is 96.4 Å². The quantitative estimate of drug-likeness (QED) is 0.426. The topological polar surface area (TPSA) is 72.8 Å². The van der Waals surface area contributed by atoms with Crippen molar-refractivity contribution in [2.24, 2.45) is 0 Å². The Balaban J connectivity index is 4.49. The third-order valence-corrected chi connectivity index (χ3v) is 2.92. The molecular weight excluding hydrogens is 231 g/mol. The molecule has 0 heterocycles. The Kier molecular flexibility index (Phi) is 6.41. The highest BCUT2D eigenvalue weighted by atomic mass is 31.1. The molecule has 0 spiro atoms. The first-order valence-electron chi connectivity index (χ1n) is 5.04. The minimum atomic E-state index is -2.71. The van der Waals surface area contributed by atoms with Crippen LogP contribution in [0.2, 0.25) is 0 Å². The van der Waals surface area contributed by atoms with Gasteiger partial charge in [0.25, 0.3) is 0 Å². The van der Waals surface area contributed by atoms with Crippen molar-refractivity contribution in [1.82, 2.24) is 0 Å². The maximum atomic E-state index is 11.2. The molecule has 16 heavy (non-hydrogen) atoms. The first-order valence-corrected chi connectivity index (χ1v) is 6.17. The van der Waals surface area contributed by atoms with E-state index in [-0.39, 0.29) is 12.2 Å². The first-order chi connectivity index (χ1) is 7.37. The molecule has 0 saturated heterocycles. The van der Waals surface area contributed by atoms with Crippen LogP contribution in [0, 0.1) is 0 Å². The van der Waals surface area contributed by atoms with Crippen LogP contribution in [-0.2, 0) is 18.6 Å². The molecule has 5 nitrogen and oxygen atoms in total. The molecule has 92 valence electrons. The van der Waals surface area contributed by atoms with Crippen molar-refractivity contribution >= 4 is 14.2 Å². The van der Waals surface area contributed by atoms with E-state index in [4.69, 9.17) is 14.2 Å². The molecule has 0 aromatic heterocycles. The van der Waals surface area contributed by atoms with Crippen molar-refractivity contribution in [1.29, 1.82) is 0 Å². The van der Waals surface area contributed by atoms with Gasteiger partial charge in [-0.3, -0.25) is 0 Å². The summed E-state index contributed by atoms with van der Waals surface area (Å²) in [5.41, 5.74) is -0.609. The number of rotatable bonds is 7. The number of hydrogen-bond donors (Lipinski definition) is 1. The Morgan fingerprint density at radius 3 is 2.25 bits per heavy atom. The normalized spacial score (nSPS) is 12.1. The van der Waals surface area contributed by atoms with Gasteiger partial charge >= 0.3 is 14.2 Å². The lowest BCUT2D eigenvalue weighted by Crippen LogP contribution is -2.35. The van der Waals surface area contributed by atoms with Crippen LogP contribution in [0.3, 0.4) is 0 Å². The lowest BCUT2D eigenvalue weighted by atomic mass is 9.99. The van der Waals surface area contributed by atoms with E-state index in [1.54, 1.807) is 13.8 Å². The van der Waals surface area contributed by atoms with Gasteiger partial charge in [-0.1, -0.05) is 20.4 Å². The van der Waals surface area contributed by atoms with Gasteiger partial charge in [-0.2, -0.15) is 0 Å². The lowest BCUT2D eigenvalue weighted by Gasteiger charge is -2.23. The minimum absolute atomic E-state index is 0.0483. The molecule has 0 radical (unpaired) electrons. The largest absolute Gasteiger partial charge is 0.695 e. The summed E-state index contributed by atoms with van der Waals surface area (Å²) in [5.74, 6) is -0.525. The van der Waals surface area contributed by atoms with Gasteiger partial charge in [-0.25, -0.2) is 4.79 Å². The summed E-state index contributed by atoms with van der Waals surface area (Å²) in [6, 6.07) is 0. The van der Waals surface area contributed by atoms with Crippen LogP contribution in [0.5, 0.6) is 0 Å². The summed E-state index contributed by atoms with van der Waals surface area (Å²) < 4.78 is 20.6. The molecule has 0 aromatic carbocycles. The summed E-state index contributed by atoms with van der Waals surface area (Å²) in [5, 5.41) is 0. The number of carbonyl (C=O) groups is 1. The van der Waals surface area contributed by atoms with Gasteiger partial charge in [-0.05, 0) is 19.8 Å². The molecule has 0 saturated carbocycles. The zero-order valence-corrected chi connectivity index (χ0v) is 10.8. The summed E-state index contributed by atoms with van der Waals surface area (Å²) in [6.07, 6.45) is 0.962. The fraction of sp³-hybridized carbons (Fsp3) is 0.700. The van der Waals surface area contributed by atoms with Crippen molar-refractivity contribution in [2.45, 2.75) is 39.2 Å². The second kappa shape index (κ2) is 6.74. The summed E-state index contributed by atoms with van der Waals surface area (Å²) >= 11 is 0. The highest BCUT2D eigenvalue weighted by Gasteiger charge is 2.38. The average molecular weight is 249 g/mol. The van der Waals surface area contributed by atoms with E-state index >= 15 is 0 Å². The number of carbonyl (C=O) groups excluding carboxylic acids is 1. The molecule has 0 bridgehead atoms. The van der Waals surface area contributed by atoms with E-state index in [9.17, 15) is 9.36 Å². The van der Waals surface area contributed by atoms with Crippen LogP contribution >= 0.6 is 8.25 Å². The average Bonchev–Trinajstić information content (AvgIpc) is 2.23. The van der Waals surface area contributed by atoms with Crippen molar-refractivity contribution in [3.8, 4) is 0 Å². The van der Waals surface area contributed by atoms with Crippen LogP contribution in [0.15, 0.2) is 12.2 Å². The minimum Gasteiger partial charge on any atom is -0.459 e. The number of ether oxygens (including phenoxy) is 1. The lowest BCUT2D eigenvalue weighted by molar-refractivity contribution is -0.145.